The molecule has 3 aliphatic heterocycles. The second-order valence-electron chi connectivity index (χ2n) is 9.11. The first-order valence-electron chi connectivity index (χ1n) is 11.6. The van der Waals surface area contributed by atoms with E-state index in [2.05, 4.69) is 10.6 Å². The molecule has 0 radical (unpaired) electrons. The van der Waals surface area contributed by atoms with Crippen molar-refractivity contribution in [2.75, 3.05) is 19.0 Å². The number of aromatic carboxylic acids is 1. The Kier molecular flexibility index (Phi) is 5.25. The molecule has 3 N–H and O–H groups in total. The smallest absolute Gasteiger partial charge is 0.341 e. The zero-order valence-electron chi connectivity index (χ0n) is 19.8. The average Bonchev–Trinajstić information content (AvgIpc) is 3.39. The number of imide groups is 1. The van der Waals surface area contributed by atoms with Crippen molar-refractivity contribution in [2.24, 2.45) is 11.8 Å². The van der Waals surface area contributed by atoms with Crippen LogP contribution in [-0.2, 0) is 36.0 Å². The fraction of sp³-hybridized carbons (Fsp3) is 0.417. The van der Waals surface area contributed by atoms with Crippen LogP contribution < -0.4 is 16.1 Å². The minimum atomic E-state index is -1.87. The average molecular weight is 496 g/mol. The second-order valence-corrected chi connectivity index (χ2v) is 9.11. The number of carboxylic acids is 1. The number of hydrogen-bond acceptors (Lipinski definition) is 8. The van der Waals surface area contributed by atoms with Gasteiger partial charge in [0, 0.05) is 37.1 Å². The van der Waals surface area contributed by atoms with Gasteiger partial charge in [-0.3, -0.25) is 34.2 Å². The molecule has 3 aliphatic rings. The van der Waals surface area contributed by atoms with Gasteiger partial charge >= 0.3 is 11.9 Å². The lowest BCUT2D eigenvalue weighted by molar-refractivity contribution is -0.144. The fourth-order valence-electron chi connectivity index (χ4n) is 5.92. The van der Waals surface area contributed by atoms with E-state index in [4.69, 9.17) is 4.74 Å². The quantitative estimate of drug-likeness (QED) is 0.382. The van der Waals surface area contributed by atoms with Crippen LogP contribution in [0.1, 0.15) is 36.2 Å². The molecule has 1 aromatic carbocycles. The van der Waals surface area contributed by atoms with Crippen molar-refractivity contribution >= 4 is 46.3 Å². The Morgan fingerprint density at radius 1 is 1.14 bits per heavy atom. The van der Waals surface area contributed by atoms with Crippen LogP contribution in [0.2, 0.25) is 0 Å². The molecule has 2 fully saturated rings. The number of aryl methyl sites for hydroxylation is 1. The van der Waals surface area contributed by atoms with Gasteiger partial charge < -0.3 is 19.7 Å². The highest BCUT2D eigenvalue weighted by atomic mass is 16.5. The summed E-state index contributed by atoms with van der Waals surface area (Å²) in [6, 6.07) is 2.25. The molecule has 12 nitrogen and oxygen atoms in total. The van der Waals surface area contributed by atoms with Gasteiger partial charge in [0.25, 0.3) is 0 Å². The molecular formula is C24H24N4O8. The van der Waals surface area contributed by atoms with E-state index in [0.29, 0.717) is 12.1 Å². The van der Waals surface area contributed by atoms with Gasteiger partial charge in [-0.25, -0.2) is 4.79 Å². The van der Waals surface area contributed by atoms with Gasteiger partial charge in [-0.15, -0.1) is 0 Å². The summed E-state index contributed by atoms with van der Waals surface area (Å²) in [5.41, 5.74) is -2.45. The Morgan fingerprint density at radius 2 is 1.86 bits per heavy atom. The SMILES string of the molecule is CCOC(=O)CC1NC2(C(=O)Nc3ccc4c(c32)c(=O)c(C(=O)O)cn4CC)C2C(=O)N(C)C(=O)C12. The highest BCUT2D eigenvalue weighted by molar-refractivity contribution is 6.18. The molecule has 2 saturated heterocycles. The van der Waals surface area contributed by atoms with Crippen molar-refractivity contribution in [3.8, 4) is 0 Å². The number of likely N-dealkylation sites (tertiary alicyclic amines) is 1. The standard InChI is InChI=1S/C24H24N4O8/c1-4-28-9-10(22(33)34)19(30)16-13(28)7-6-11-17(16)24(23(35)25-11)18-15(20(31)27(3)21(18)32)12(26-24)8-14(29)36-5-2/h6-7,9,12,15,18,26H,4-5,8H2,1-3H3,(H,25,35)(H,33,34). The number of hydrogen-bond donors (Lipinski definition) is 3. The third kappa shape index (κ3) is 2.90. The Bertz CT molecular complexity index is 1450. The number of carbonyl (C=O) groups excluding carboxylic acids is 4. The Hall–Kier alpha value is -4.06. The number of carbonyl (C=O) groups is 5. The largest absolute Gasteiger partial charge is 0.477 e. The predicted octanol–water partition coefficient (Wildman–Crippen LogP) is 0.0230. The van der Waals surface area contributed by atoms with E-state index in [1.165, 1.54) is 13.2 Å². The summed E-state index contributed by atoms with van der Waals surface area (Å²) < 4.78 is 6.62. The number of amides is 3. The maximum Gasteiger partial charge on any atom is 0.341 e. The number of pyridine rings is 1. The maximum absolute atomic E-state index is 13.6. The fourth-order valence-corrected chi connectivity index (χ4v) is 5.92. The van der Waals surface area contributed by atoms with Crippen LogP contribution in [0.5, 0.6) is 0 Å². The summed E-state index contributed by atoms with van der Waals surface area (Å²) in [5.74, 6) is -6.20. The number of anilines is 1. The van der Waals surface area contributed by atoms with E-state index in [0.717, 1.165) is 4.90 Å². The molecule has 1 aromatic heterocycles. The zero-order chi connectivity index (χ0) is 26.1. The maximum atomic E-state index is 13.6. The summed E-state index contributed by atoms with van der Waals surface area (Å²) in [6.45, 7) is 3.85. The van der Waals surface area contributed by atoms with Gasteiger partial charge in [-0.1, -0.05) is 0 Å². The first-order valence-corrected chi connectivity index (χ1v) is 11.6. The van der Waals surface area contributed by atoms with Gasteiger partial charge in [0.2, 0.25) is 23.2 Å². The lowest BCUT2D eigenvalue weighted by Crippen LogP contribution is -2.53. The number of aromatic nitrogens is 1. The van der Waals surface area contributed by atoms with E-state index in [1.54, 1.807) is 30.5 Å². The number of carboxylic acid groups (broad SMARTS) is 1. The molecule has 2 aromatic rings. The van der Waals surface area contributed by atoms with E-state index < -0.39 is 64.1 Å². The van der Waals surface area contributed by atoms with Crippen molar-refractivity contribution in [3.05, 3.63) is 39.7 Å². The number of ether oxygens (including phenoxy) is 1. The Labute approximate surface area is 204 Å². The molecule has 36 heavy (non-hydrogen) atoms. The van der Waals surface area contributed by atoms with Crippen LogP contribution in [0.15, 0.2) is 23.1 Å². The van der Waals surface area contributed by atoms with Crippen molar-refractivity contribution in [1.29, 1.82) is 0 Å². The summed E-state index contributed by atoms with van der Waals surface area (Å²) >= 11 is 0. The number of rotatable bonds is 5. The predicted molar refractivity (Wildman–Crippen MR) is 124 cm³/mol. The lowest BCUT2D eigenvalue weighted by atomic mass is 9.75. The molecule has 0 bridgehead atoms. The highest BCUT2D eigenvalue weighted by Gasteiger charge is 2.70. The molecule has 12 heteroatoms. The normalized spacial score (nSPS) is 26.5. The summed E-state index contributed by atoms with van der Waals surface area (Å²) in [6.07, 6.45) is 0.958. The number of benzene rings is 1. The Morgan fingerprint density at radius 3 is 2.50 bits per heavy atom. The van der Waals surface area contributed by atoms with Crippen LogP contribution in [0.4, 0.5) is 5.69 Å². The van der Waals surface area contributed by atoms with Gasteiger partial charge in [-0.2, -0.15) is 0 Å². The third-order valence-electron chi connectivity index (χ3n) is 7.40. The van der Waals surface area contributed by atoms with Crippen LogP contribution in [0, 0.1) is 11.8 Å². The van der Waals surface area contributed by atoms with Gasteiger partial charge in [0.1, 0.15) is 11.1 Å². The zero-order valence-corrected chi connectivity index (χ0v) is 19.8. The first-order chi connectivity index (χ1) is 17.1. The van der Waals surface area contributed by atoms with E-state index >= 15 is 0 Å². The van der Waals surface area contributed by atoms with Crippen LogP contribution >= 0.6 is 0 Å². The second kappa shape index (κ2) is 7.98. The Balaban J connectivity index is 1.83. The molecule has 4 atom stereocenters. The minimum Gasteiger partial charge on any atom is -0.477 e. The first kappa shape index (κ1) is 23.7. The van der Waals surface area contributed by atoms with E-state index in [9.17, 15) is 33.9 Å². The summed E-state index contributed by atoms with van der Waals surface area (Å²) in [5, 5.41) is 15.4. The molecule has 4 heterocycles. The molecular weight excluding hydrogens is 472 g/mol. The topological polar surface area (TPSA) is 164 Å². The molecule has 5 rings (SSSR count). The van der Waals surface area contributed by atoms with E-state index in [-0.39, 0.29) is 29.7 Å². The van der Waals surface area contributed by atoms with Crippen LogP contribution in [-0.4, -0.2) is 63.9 Å². The molecule has 3 amide bonds. The van der Waals surface area contributed by atoms with E-state index in [1.807, 2.05) is 0 Å². The third-order valence-corrected chi connectivity index (χ3v) is 7.40. The molecule has 4 unspecified atom stereocenters. The van der Waals surface area contributed by atoms with Crippen LogP contribution in [0.3, 0.4) is 0 Å². The van der Waals surface area contributed by atoms with Crippen molar-refractivity contribution < 1.29 is 33.8 Å². The van der Waals surface area contributed by atoms with Crippen molar-refractivity contribution in [1.82, 2.24) is 14.8 Å². The molecule has 0 saturated carbocycles. The number of nitrogens with zero attached hydrogens (tertiary/aromatic N) is 2. The summed E-state index contributed by atoms with van der Waals surface area (Å²) in [7, 11) is 1.31. The summed E-state index contributed by atoms with van der Waals surface area (Å²) in [4.78, 5) is 78.8. The monoisotopic (exact) mass is 496 g/mol. The lowest BCUT2D eigenvalue weighted by Gasteiger charge is -2.29. The molecule has 1 spiro atoms. The molecule has 188 valence electrons. The highest BCUT2D eigenvalue weighted by Crippen LogP contribution is 2.54. The van der Waals surface area contributed by atoms with Gasteiger partial charge in [0.15, 0.2) is 0 Å². The van der Waals surface area contributed by atoms with Crippen molar-refractivity contribution in [3.63, 3.8) is 0 Å². The number of esters is 1. The minimum absolute atomic E-state index is 0.0366. The van der Waals surface area contributed by atoms with Gasteiger partial charge in [-0.05, 0) is 26.0 Å². The number of nitrogens with one attached hydrogen (secondary N) is 2. The van der Waals surface area contributed by atoms with Crippen LogP contribution in [0.25, 0.3) is 10.9 Å². The van der Waals surface area contributed by atoms with Gasteiger partial charge in [0.05, 0.1) is 35.8 Å². The molecule has 0 aliphatic carbocycles. The number of fused-ring (bicyclic) bond motifs is 6. The van der Waals surface area contributed by atoms with Crippen molar-refractivity contribution in [2.45, 2.75) is 38.4 Å².